The van der Waals surface area contributed by atoms with Crippen molar-refractivity contribution in [3.8, 4) is 0 Å². The van der Waals surface area contributed by atoms with E-state index in [1.807, 2.05) is 6.92 Å². The molecule has 0 bridgehead atoms. The van der Waals surface area contributed by atoms with Gasteiger partial charge >= 0.3 is 5.97 Å². The molecular formula is C13H16N2O5. The molecule has 0 aliphatic rings. The van der Waals surface area contributed by atoms with Gasteiger partial charge in [-0.05, 0) is 19.4 Å². The number of carboxylic acids is 1. The van der Waals surface area contributed by atoms with Crippen molar-refractivity contribution in [3.05, 3.63) is 39.4 Å². The molecule has 1 amide bonds. The molecule has 0 aliphatic carbocycles. The second-order valence-electron chi connectivity index (χ2n) is 4.38. The van der Waals surface area contributed by atoms with E-state index in [1.165, 1.54) is 18.2 Å². The Morgan fingerprint density at radius 1 is 1.40 bits per heavy atom. The molecule has 0 atom stereocenters. The number of nitro groups is 1. The fourth-order valence-corrected chi connectivity index (χ4v) is 1.81. The van der Waals surface area contributed by atoms with Gasteiger partial charge in [0.25, 0.3) is 11.6 Å². The number of carbonyl (C=O) groups is 2. The molecular weight excluding hydrogens is 264 g/mol. The first-order valence-electron chi connectivity index (χ1n) is 6.13. The van der Waals surface area contributed by atoms with Crippen LogP contribution in [0.2, 0.25) is 0 Å². The fraction of sp³-hybridized carbons (Fsp3) is 0.385. The Morgan fingerprint density at radius 3 is 2.55 bits per heavy atom. The third-order valence-electron chi connectivity index (χ3n) is 2.76. The van der Waals surface area contributed by atoms with E-state index in [0.29, 0.717) is 12.0 Å². The van der Waals surface area contributed by atoms with Gasteiger partial charge < -0.3 is 10.0 Å². The lowest BCUT2D eigenvalue weighted by Gasteiger charge is -2.19. The maximum absolute atomic E-state index is 12.2. The van der Waals surface area contributed by atoms with Gasteiger partial charge in [0, 0.05) is 23.7 Å². The van der Waals surface area contributed by atoms with Gasteiger partial charge in [0.2, 0.25) is 0 Å². The summed E-state index contributed by atoms with van der Waals surface area (Å²) in [6.45, 7) is 3.26. The quantitative estimate of drug-likeness (QED) is 0.633. The zero-order valence-corrected chi connectivity index (χ0v) is 11.3. The lowest BCUT2D eigenvalue weighted by molar-refractivity contribution is -0.385. The van der Waals surface area contributed by atoms with Crippen LogP contribution < -0.4 is 0 Å². The van der Waals surface area contributed by atoms with E-state index in [4.69, 9.17) is 5.11 Å². The number of nitro benzene ring substituents is 1. The minimum absolute atomic E-state index is 0.122. The Bertz CT molecular complexity index is 542. The summed E-state index contributed by atoms with van der Waals surface area (Å²) in [4.78, 5) is 34.4. The summed E-state index contributed by atoms with van der Waals surface area (Å²) < 4.78 is 0. The number of aryl methyl sites for hydroxylation is 1. The Kier molecular flexibility index (Phi) is 5.19. The molecule has 1 aromatic rings. The first-order valence-corrected chi connectivity index (χ1v) is 6.13. The summed E-state index contributed by atoms with van der Waals surface area (Å²) in [6, 6.07) is 4.13. The van der Waals surface area contributed by atoms with Crippen LogP contribution in [-0.2, 0) is 4.79 Å². The molecule has 0 spiro atoms. The smallest absolute Gasteiger partial charge is 0.323 e. The third-order valence-corrected chi connectivity index (χ3v) is 2.76. The molecule has 7 heteroatoms. The highest BCUT2D eigenvalue weighted by Crippen LogP contribution is 2.20. The van der Waals surface area contributed by atoms with E-state index < -0.39 is 23.3 Å². The fourth-order valence-electron chi connectivity index (χ4n) is 1.81. The highest BCUT2D eigenvalue weighted by atomic mass is 16.6. The van der Waals surface area contributed by atoms with Gasteiger partial charge in [0.15, 0.2) is 0 Å². The maximum atomic E-state index is 12.2. The zero-order valence-electron chi connectivity index (χ0n) is 11.3. The van der Waals surface area contributed by atoms with Gasteiger partial charge in [-0.15, -0.1) is 0 Å². The Hall–Kier alpha value is -2.44. The molecule has 0 aromatic heterocycles. The van der Waals surface area contributed by atoms with Crippen LogP contribution in [0, 0.1) is 17.0 Å². The minimum atomic E-state index is -1.12. The van der Waals surface area contributed by atoms with Crippen molar-refractivity contribution in [3.63, 3.8) is 0 Å². The van der Waals surface area contributed by atoms with Crippen LogP contribution in [0.25, 0.3) is 0 Å². The number of hydrogen-bond donors (Lipinski definition) is 1. The first kappa shape index (κ1) is 15.6. The molecule has 1 N–H and O–H groups in total. The van der Waals surface area contributed by atoms with Crippen molar-refractivity contribution >= 4 is 17.6 Å². The van der Waals surface area contributed by atoms with Crippen molar-refractivity contribution in [2.75, 3.05) is 13.1 Å². The van der Waals surface area contributed by atoms with Crippen LogP contribution in [0.5, 0.6) is 0 Å². The van der Waals surface area contributed by atoms with Crippen LogP contribution in [0.1, 0.15) is 29.3 Å². The van der Waals surface area contributed by atoms with E-state index in [0.717, 1.165) is 4.90 Å². The van der Waals surface area contributed by atoms with Crippen molar-refractivity contribution in [2.45, 2.75) is 20.3 Å². The highest BCUT2D eigenvalue weighted by Gasteiger charge is 2.20. The van der Waals surface area contributed by atoms with Crippen LogP contribution >= 0.6 is 0 Å². The highest BCUT2D eigenvalue weighted by molar-refractivity contribution is 5.96. The lowest BCUT2D eigenvalue weighted by atomic mass is 10.1. The third kappa shape index (κ3) is 3.78. The SMILES string of the molecule is CCCN(CC(=O)O)C(=O)c1ccc(C)c([N+](=O)[O-])c1. The second kappa shape index (κ2) is 6.65. The molecule has 0 heterocycles. The topological polar surface area (TPSA) is 101 Å². The summed E-state index contributed by atoms with van der Waals surface area (Å²) in [6.07, 6.45) is 0.604. The van der Waals surface area contributed by atoms with Crippen molar-refractivity contribution < 1.29 is 19.6 Å². The molecule has 1 rings (SSSR count). The standard InChI is InChI=1S/C13H16N2O5/c1-3-6-14(8-12(16)17)13(18)10-5-4-9(2)11(7-10)15(19)20/h4-5,7H,3,6,8H2,1-2H3,(H,16,17). The molecule has 7 nitrogen and oxygen atoms in total. The van der Waals surface area contributed by atoms with Gasteiger partial charge in [-0.3, -0.25) is 19.7 Å². The molecule has 0 fully saturated rings. The summed E-state index contributed by atoms with van der Waals surface area (Å²) in [5.41, 5.74) is 0.423. The molecule has 1 aromatic carbocycles. The van der Waals surface area contributed by atoms with Crippen LogP contribution in [0.4, 0.5) is 5.69 Å². The number of rotatable bonds is 6. The number of amides is 1. The summed E-state index contributed by atoms with van der Waals surface area (Å²) in [5.74, 6) is -1.63. The van der Waals surface area contributed by atoms with E-state index in [9.17, 15) is 19.7 Å². The average molecular weight is 280 g/mol. The number of carboxylic acid groups (broad SMARTS) is 1. The van der Waals surface area contributed by atoms with Crippen LogP contribution in [-0.4, -0.2) is 39.9 Å². The molecule has 20 heavy (non-hydrogen) atoms. The average Bonchev–Trinajstić information content (AvgIpc) is 2.37. The summed E-state index contributed by atoms with van der Waals surface area (Å²) in [5, 5.41) is 19.6. The number of aliphatic carboxylic acids is 1. The van der Waals surface area contributed by atoms with Crippen molar-refractivity contribution in [1.82, 2.24) is 4.90 Å². The predicted octanol–water partition coefficient (Wildman–Crippen LogP) is 1.84. The van der Waals surface area contributed by atoms with E-state index in [2.05, 4.69) is 0 Å². The van der Waals surface area contributed by atoms with Crippen molar-refractivity contribution in [1.29, 1.82) is 0 Å². The van der Waals surface area contributed by atoms with Crippen molar-refractivity contribution in [2.24, 2.45) is 0 Å². The molecule has 0 saturated heterocycles. The first-order chi connectivity index (χ1) is 9.36. The molecule has 0 saturated carbocycles. The zero-order chi connectivity index (χ0) is 15.3. The minimum Gasteiger partial charge on any atom is -0.480 e. The number of benzene rings is 1. The number of hydrogen-bond acceptors (Lipinski definition) is 4. The molecule has 0 radical (unpaired) electrons. The maximum Gasteiger partial charge on any atom is 0.323 e. The summed E-state index contributed by atoms with van der Waals surface area (Å²) in [7, 11) is 0. The Morgan fingerprint density at radius 2 is 2.05 bits per heavy atom. The molecule has 0 unspecified atom stereocenters. The van der Waals surface area contributed by atoms with Gasteiger partial charge in [0.1, 0.15) is 6.54 Å². The van der Waals surface area contributed by atoms with Crippen LogP contribution in [0.15, 0.2) is 18.2 Å². The van der Waals surface area contributed by atoms with Crippen LogP contribution in [0.3, 0.4) is 0 Å². The Labute approximate surface area is 116 Å². The molecule has 0 aliphatic heterocycles. The van der Waals surface area contributed by atoms with E-state index in [1.54, 1.807) is 6.92 Å². The number of carbonyl (C=O) groups excluding carboxylic acids is 1. The Balaban J connectivity index is 3.08. The van der Waals surface area contributed by atoms with E-state index >= 15 is 0 Å². The second-order valence-corrected chi connectivity index (χ2v) is 4.38. The lowest BCUT2D eigenvalue weighted by Crippen LogP contribution is -2.36. The van der Waals surface area contributed by atoms with Gasteiger partial charge in [-0.2, -0.15) is 0 Å². The number of nitrogens with zero attached hydrogens (tertiary/aromatic N) is 2. The summed E-state index contributed by atoms with van der Waals surface area (Å²) >= 11 is 0. The normalized spacial score (nSPS) is 10.1. The largest absolute Gasteiger partial charge is 0.480 e. The monoisotopic (exact) mass is 280 g/mol. The molecule has 108 valence electrons. The van der Waals surface area contributed by atoms with E-state index in [-0.39, 0.29) is 17.8 Å². The van der Waals surface area contributed by atoms with Gasteiger partial charge in [-0.1, -0.05) is 13.0 Å². The predicted molar refractivity (Wildman–Crippen MR) is 71.7 cm³/mol. The van der Waals surface area contributed by atoms with Gasteiger partial charge in [-0.25, -0.2) is 0 Å². The van der Waals surface area contributed by atoms with Gasteiger partial charge in [0.05, 0.1) is 4.92 Å².